The molecule has 1 aliphatic rings. The molecule has 1 fully saturated rings. The molecule has 2 rings (SSSR count). The summed E-state index contributed by atoms with van der Waals surface area (Å²) in [5.41, 5.74) is 3.43. The number of hydrogen-bond acceptors (Lipinski definition) is 1. The Kier molecular flexibility index (Phi) is 2.60. The number of benzene rings is 1. The summed E-state index contributed by atoms with van der Waals surface area (Å²) in [5, 5.41) is 3.54. The molecule has 0 aliphatic heterocycles. The minimum absolute atomic E-state index is 0.614. The van der Waals surface area contributed by atoms with Crippen molar-refractivity contribution in [3.05, 3.63) is 35.4 Å². The number of nitrogens with one attached hydrogen (secondary N) is 1. The van der Waals surface area contributed by atoms with Gasteiger partial charge in [-0.05, 0) is 36.3 Å². The standard InChI is InChI=1S/C13H19N/c1-11-5-3-4-6-12(11)9-14-10-13(2)7-8-13/h3-6,14H,7-10H2,1-2H3. The molecule has 0 amide bonds. The maximum absolute atomic E-state index is 3.54. The lowest BCUT2D eigenvalue weighted by Crippen LogP contribution is -2.21. The van der Waals surface area contributed by atoms with E-state index in [1.165, 1.54) is 30.5 Å². The first-order valence-electron chi connectivity index (χ1n) is 5.45. The number of aryl methyl sites for hydroxylation is 1. The lowest BCUT2D eigenvalue weighted by molar-refractivity contribution is 0.499. The van der Waals surface area contributed by atoms with Crippen LogP contribution in [-0.4, -0.2) is 6.54 Å². The van der Waals surface area contributed by atoms with Crippen LogP contribution in [0.25, 0.3) is 0 Å². The molecule has 1 saturated carbocycles. The molecule has 1 nitrogen and oxygen atoms in total. The predicted molar refractivity (Wildman–Crippen MR) is 60.2 cm³/mol. The Morgan fingerprint density at radius 1 is 1.29 bits per heavy atom. The van der Waals surface area contributed by atoms with Crippen LogP contribution in [0.5, 0.6) is 0 Å². The molecule has 0 radical (unpaired) electrons. The van der Waals surface area contributed by atoms with E-state index in [4.69, 9.17) is 0 Å². The third-order valence-electron chi connectivity index (χ3n) is 3.23. The zero-order valence-electron chi connectivity index (χ0n) is 9.14. The largest absolute Gasteiger partial charge is 0.312 e. The van der Waals surface area contributed by atoms with Crippen molar-refractivity contribution in [3.8, 4) is 0 Å². The average Bonchev–Trinajstić information content (AvgIpc) is 2.88. The van der Waals surface area contributed by atoms with Crippen molar-refractivity contribution < 1.29 is 0 Å². The van der Waals surface area contributed by atoms with Crippen molar-refractivity contribution in [1.29, 1.82) is 0 Å². The number of hydrogen-bond donors (Lipinski definition) is 1. The average molecular weight is 189 g/mol. The SMILES string of the molecule is Cc1ccccc1CNCC1(C)CC1. The van der Waals surface area contributed by atoms with Gasteiger partial charge in [-0.2, -0.15) is 0 Å². The summed E-state index contributed by atoms with van der Waals surface area (Å²) < 4.78 is 0. The van der Waals surface area contributed by atoms with Gasteiger partial charge in [0.2, 0.25) is 0 Å². The molecule has 0 aromatic heterocycles. The quantitative estimate of drug-likeness (QED) is 0.768. The van der Waals surface area contributed by atoms with Crippen LogP contribution in [0.4, 0.5) is 0 Å². The van der Waals surface area contributed by atoms with Crippen LogP contribution in [-0.2, 0) is 6.54 Å². The molecule has 0 saturated heterocycles. The molecular formula is C13H19N. The van der Waals surface area contributed by atoms with Gasteiger partial charge in [-0.25, -0.2) is 0 Å². The van der Waals surface area contributed by atoms with Gasteiger partial charge in [0.05, 0.1) is 0 Å². The van der Waals surface area contributed by atoms with Crippen molar-refractivity contribution in [3.63, 3.8) is 0 Å². The monoisotopic (exact) mass is 189 g/mol. The van der Waals surface area contributed by atoms with Gasteiger partial charge in [0.1, 0.15) is 0 Å². The molecule has 1 aliphatic carbocycles. The molecular weight excluding hydrogens is 170 g/mol. The second-order valence-electron chi connectivity index (χ2n) is 4.84. The van der Waals surface area contributed by atoms with Gasteiger partial charge < -0.3 is 5.32 Å². The van der Waals surface area contributed by atoms with Crippen molar-refractivity contribution >= 4 is 0 Å². The fraction of sp³-hybridized carbons (Fsp3) is 0.538. The lowest BCUT2D eigenvalue weighted by atomic mass is 10.1. The maximum Gasteiger partial charge on any atom is 0.0208 e. The minimum Gasteiger partial charge on any atom is -0.312 e. The second-order valence-corrected chi connectivity index (χ2v) is 4.84. The molecule has 1 aromatic rings. The van der Waals surface area contributed by atoms with Crippen LogP contribution < -0.4 is 5.32 Å². The molecule has 0 unspecified atom stereocenters. The van der Waals surface area contributed by atoms with E-state index in [1.807, 2.05) is 0 Å². The van der Waals surface area contributed by atoms with Gasteiger partial charge in [0.25, 0.3) is 0 Å². The predicted octanol–water partition coefficient (Wildman–Crippen LogP) is 2.88. The van der Waals surface area contributed by atoms with Crippen LogP contribution in [0.2, 0.25) is 0 Å². The summed E-state index contributed by atoms with van der Waals surface area (Å²) in [6.45, 7) is 6.72. The van der Waals surface area contributed by atoms with Crippen molar-refractivity contribution in [2.24, 2.45) is 5.41 Å². The highest BCUT2D eigenvalue weighted by Gasteiger charge is 2.36. The van der Waals surface area contributed by atoms with E-state index in [9.17, 15) is 0 Å². The van der Waals surface area contributed by atoms with Gasteiger partial charge in [0, 0.05) is 13.1 Å². The third kappa shape index (κ3) is 2.36. The summed E-state index contributed by atoms with van der Waals surface area (Å²) in [7, 11) is 0. The second kappa shape index (κ2) is 3.74. The molecule has 76 valence electrons. The Morgan fingerprint density at radius 2 is 2.00 bits per heavy atom. The Morgan fingerprint density at radius 3 is 2.64 bits per heavy atom. The van der Waals surface area contributed by atoms with Crippen molar-refractivity contribution in [2.75, 3.05) is 6.54 Å². The Bertz CT molecular complexity index is 313. The normalized spacial score (nSPS) is 18.1. The fourth-order valence-electron chi connectivity index (χ4n) is 1.70. The smallest absolute Gasteiger partial charge is 0.0208 e. The molecule has 1 aromatic carbocycles. The van der Waals surface area contributed by atoms with Gasteiger partial charge >= 0.3 is 0 Å². The van der Waals surface area contributed by atoms with Gasteiger partial charge in [-0.15, -0.1) is 0 Å². The van der Waals surface area contributed by atoms with Crippen LogP contribution in [0, 0.1) is 12.3 Å². The van der Waals surface area contributed by atoms with E-state index in [2.05, 4.69) is 43.4 Å². The zero-order valence-corrected chi connectivity index (χ0v) is 9.14. The maximum atomic E-state index is 3.54. The topological polar surface area (TPSA) is 12.0 Å². The summed E-state index contributed by atoms with van der Waals surface area (Å²) in [4.78, 5) is 0. The van der Waals surface area contributed by atoms with E-state index in [0.717, 1.165) is 6.54 Å². The molecule has 0 spiro atoms. The molecule has 14 heavy (non-hydrogen) atoms. The Hall–Kier alpha value is -0.820. The summed E-state index contributed by atoms with van der Waals surface area (Å²) in [5.74, 6) is 0. The minimum atomic E-state index is 0.614. The van der Waals surface area contributed by atoms with Crippen LogP contribution in [0.3, 0.4) is 0 Å². The molecule has 0 atom stereocenters. The summed E-state index contributed by atoms with van der Waals surface area (Å²) >= 11 is 0. The Balaban J connectivity index is 1.83. The highest BCUT2D eigenvalue weighted by atomic mass is 14.9. The Labute approximate surface area is 86.5 Å². The molecule has 0 bridgehead atoms. The van der Waals surface area contributed by atoms with Gasteiger partial charge in [-0.3, -0.25) is 0 Å². The lowest BCUT2D eigenvalue weighted by Gasteiger charge is -2.11. The fourth-order valence-corrected chi connectivity index (χ4v) is 1.70. The van der Waals surface area contributed by atoms with Crippen LogP contribution in [0.15, 0.2) is 24.3 Å². The summed E-state index contributed by atoms with van der Waals surface area (Å²) in [6, 6.07) is 8.59. The van der Waals surface area contributed by atoms with Gasteiger partial charge in [-0.1, -0.05) is 31.2 Å². The van der Waals surface area contributed by atoms with Crippen LogP contribution >= 0.6 is 0 Å². The highest BCUT2D eigenvalue weighted by Crippen LogP contribution is 2.44. The molecule has 0 heterocycles. The van der Waals surface area contributed by atoms with Crippen molar-refractivity contribution in [2.45, 2.75) is 33.2 Å². The third-order valence-corrected chi connectivity index (χ3v) is 3.23. The molecule has 1 N–H and O–H groups in total. The van der Waals surface area contributed by atoms with E-state index in [0.29, 0.717) is 5.41 Å². The first-order chi connectivity index (χ1) is 6.70. The van der Waals surface area contributed by atoms with E-state index in [1.54, 1.807) is 0 Å². The van der Waals surface area contributed by atoms with Gasteiger partial charge in [0.15, 0.2) is 0 Å². The zero-order chi connectivity index (χ0) is 10.0. The molecule has 1 heteroatoms. The van der Waals surface area contributed by atoms with Crippen molar-refractivity contribution in [1.82, 2.24) is 5.32 Å². The summed E-state index contributed by atoms with van der Waals surface area (Å²) in [6.07, 6.45) is 2.79. The first kappa shape index (κ1) is 9.72. The highest BCUT2D eigenvalue weighted by molar-refractivity contribution is 5.25. The number of rotatable bonds is 4. The van der Waals surface area contributed by atoms with Crippen LogP contribution in [0.1, 0.15) is 30.9 Å². The van der Waals surface area contributed by atoms with E-state index >= 15 is 0 Å². The first-order valence-corrected chi connectivity index (χ1v) is 5.45. The van der Waals surface area contributed by atoms with E-state index < -0.39 is 0 Å². The van der Waals surface area contributed by atoms with E-state index in [-0.39, 0.29) is 0 Å².